The molecule has 0 radical (unpaired) electrons. The van der Waals surface area contributed by atoms with Crippen molar-refractivity contribution in [2.24, 2.45) is 0 Å². The number of aryl methyl sites for hydroxylation is 3. The van der Waals surface area contributed by atoms with Crippen LogP contribution >= 0.6 is 68.0 Å². The Morgan fingerprint density at radius 2 is 0.513 bits per heavy atom. The van der Waals surface area contributed by atoms with E-state index in [1.807, 2.05) is 68.0 Å². The zero-order valence-electron chi connectivity index (χ0n) is 21.6. The summed E-state index contributed by atoms with van der Waals surface area (Å²) in [5, 5.41) is 0. The number of hydrogen-bond acceptors (Lipinski definition) is 6. The number of benzene rings is 1. The summed E-state index contributed by atoms with van der Waals surface area (Å²) in [6, 6.07) is 34.2. The minimum absolute atomic E-state index is 1.29. The molecule has 0 aliphatic heterocycles. The maximum absolute atomic E-state index is 2.38. The third-order valence-corrected chi connectivity index (χ3v) is 13.5. The van der Waals surface area contributed by atoms with Gasteiger partial charge in [0.1, 0.15) is 0 Å². The molecule has 7 rings (SSSR count). The molecule has 1 aromatic carbocycles. The summed E-state index contributed by atoms with van der Waals surface area (Å²) in [6.07, 6.45) is 0. The van der Waals surface area contributed by atoms with Gasteiger partial charge in [-0.2, -0.15) is 0 Å². The predicted octanol–water partition coefficient (Wildman–Crippen LogP) is 13.0. The first kappa shape index (κ1) is 25.4. The normalized spacial score (nSPS) is 11.5. The smallest absolute Gasteiger partial charge is 0.0449 e. The van der Waals surface area contributed by atoms with Crippen molar-refractivity contribution in [2.75, 3.05) is 0 Å². The van der Waals surface area contributed by atoms with Gasteiger partial charge in [-0.1, -0.05) is 0 Å². The molecular formula is C33H24S6. The van der Waals surface area contributed by atoms with Crippen molar-refractivity contribution < 1.29 is 0 Å². The van der Waals surface area contributed by atoms with E-state index in [1.165, 1.54) is 75.2 Å². The second-order valence-electron chi connectivity index (χ2n) is 9.52. The van der Waals surface area contributed by atoms with E-state index in [1.54, 1.807) is 0 Å². The van der Waals surface area contributed by atoms with Crippen molar-refractivity contribution in [3.05, 3.63) is 106 Å². The van der Waals surface area contributed by atoms with E-state index in [9.17, 15) is 0 Å². The molecule has 0 fully saturated rings. The third-order valence-electron chi connectivity index (χ3n) is 6.55. The highest BCUT2D eigenvalue weighted by molar-refractivity contribution is 7.25. The Morgan fingerprint density at radius 3 is 0.769 bits per heavy atom. The van der Waals surface area contributed by atoms with Gasteiger partial charge in [-0.3, -0.25) is 0 Å². The summed E-state index contributed by atoms with van der Waals surface area (Å²) >= 11 is 11.3. The molecule has 0 aliphatic carbocycles. The lowest BCUT2D eigenvalue weighted by Crippen LogP contribution is -1.81. The van der Waals surface area contributed by atoms with Crippen molar-refractivity contribution in [1.29, 1.82) is 0 Å². The lowest BCUT2D eigenvalue weighted by atomic mass is 10.0. The van der Waals surface area contributed by atoms with Crippen LogP contribution in [0.3, 0.4) is 0 Å². The molecule has 6 heterocycles. The Labute approximate surface area is 253 Å². The topological polar surface area (TPSA) is 0 Å². The summed E-state index contributed by atoms with van der Waals surface area (Å²) in [6.45, 7) is 6.54. The lowest BCUT2D eigenvalue weighted by Gasteiger charge is -2.07. The highest BCUT2D eigenvalue weighted by Gasteiger charge is 2.15. The van der Waals surface area contributed by atoms with Crippen molar-refractivity contribution >= 4 is 68.0 Å². The SMILES string of the molecule is Cc1ccc(-c2ccc(-c3cc(-c4ccc(-c5ccc(C)s5)s4)cc(-c4ccc(-c5ccc(C)s5)s4)c3)s2)s1. The quantitative estimate of drug-likeness (QED) is 0.175. The first-order valence-electron chi connectivity index (χ1n) is 12.6. The highest BCUT2D eigenvalue weighted by atomic mass is 32.1. The summed E-state index contributed by atoms with van der Waals surface area (Å²) in [5.41, 5.74) is 3.86. The highest BCUT2D eigenvalue weighted by Crippen LogP contribution is 2.45. The summed E-state index contributed by atoms with van der Waals surface area (Å²) in [7, 11) is 0. The Kier molecular flexibility index (Phi) is 6.79. The van der Waals surface area contributed by atoms with E-state index in [4.69, 9.17) is 0 Å². The lowest BCUT2D eigenvalue weighted by molar-refractivity contribution is 1.64. The Morgan fingerprint density at radius 1 is 0.282 bits per heavy atom. The van der Waals surface area contributed by atoms with E-state index in [0.717, 1.165) is 0 Å². The summed E-state index contributed by atoms with van der Waals surface area (Å²) in [5.74, 6) is 0. The van der Waals surface area contributed by atoms with Crippen LogP contribution in [-0.2, 0) is 0 Å². The molecule has 0 bridgehead atoms. The fourth-order valence-corrected chi connectivity index (χ4v) is 10.5. The van der Waals surface area contributed by atoms with E-state index in [0.29, 0.717) is 0 Å². The molecule has 0 spiro atoms. The zero-order valence-corrected chi connectivity index (χ0v) is 26.5. The predicted molar refractivity (Wildman–Crippen MR) is 181 cm³/mol. The van der Waals surface area contributed by atoms with Gasteiger partial charge in [0.25, 0.3) is 0 Å². The van der Waals surface area contributed by atoms with Gasteiger partial charge in [0.15, 0.2) is 0 Å². The van der Waals surface area contributed by atoms with E-state index in [2.05, 4.69) is 112 Å². The van der Waals surface area contributed by atoms with Crippen molar-refractivity contribution in [3.8, 4) is 60.6 Å². The third kappa shape index (κ3) is 5.18. The van der Waals surface area contributed by atoms with Crippen LogP contribution in [0.1, 0.15) is 14.6 Å². The maximum atomic E-state index is 2.38. The standard InChI is InChI=1S/C33H24S6/c1-19-4-7-28(34-19)31-13-10-25(37-31)22-16-23(26-11-14-32(38-26)29-8-5-20(2)35-29)18-24(17-22)27-12-15-33(39-27)30-9-6-21(3)36-30/h4-18H,1-3H3. The van der Waals surface area contributed by atoms with Crippen LogP contribution in [0, 0.1) is 20.8 Å². The first-order valence-corrected chi connectivity index (χ1v) is 17.5. The molecule has 6 heteroatoms. The number of rotatable bonds is 6. The molecule has 0 saturated heterocycles. The molecule has 0 saturated carbocycles. The monoisotopic (exact) mass is 612 g/mol. The average Bonchev–Trinajstić information content (AvgIpc) is 3.75. The van der Waals surface area contributed by atoms with Gasteiger partial charge >= 0.3 is 0 Å². The second kappa shape index (κ2) is 10.4. The van der Waals surface area contributed by atoms with Gasteiger partial charge in [0.05, 0.1) is 0 Å². The van der Waals surface area contributed by atoms with Gasteiger partial charge in [-0.15, -0.1) is 68.0 Å². The van der Waals surface area contributed by atoms with Crippen molar-refractivity contribution in [3.63, 3.8) is 0 Å². The number of hydrogen-bond donors (Lipinski definition) is 0. The minimum Gasteiger partial charge on any atom is -0.140 e. The van der Waals surface area contributed by atoms with Gasteiger partial charge in [0, 0.05) is 58.5 Å². The Hall–Kier alpha value is -2.58. The Balaban J connectivity index is 1.32. The Bertz CT molecular complexity index is 1680. The van der Waals surface area contributed by atoms with Gasteiger partial charge in [-0.05, 0) is 128 Å². The molecule has 192 valence electrons. The van der Waals surface area contributed by atoms with Crippen LogP contribution < -0.4 is 0 Å². The molecular weight excluding hydrogens is 589 g/mol. The molecule has 0 aliphatic rings. The van der Waals surface area contributed by atoms with Crippen molar-refractivity contribution in [1.82, 2.24) is 0 Å². The second-order valence-corrected chi connectivity index (χ2v) is 16.6. The minimum atomic E-state index is 1.29. The first-order chi connectivity index (χ1) is 19.0. The van der Waals surface area contributed by atoms with Crippen molar-refractivity contribution in [2.45, 2.75) is 20.8 Å². The molecule has 0 unspecified atom stereocenters. The van der Waals surface area contributed by atoms with Crippen LogP contribution in [0.15, 0.2) is 91.0 Å². The van der Waals surface area contributed by atoms with Crippen LogP contribution in [0.2, 0.25) is 0 Å². The van der Waals surface area contributed by atoms with Gasteiger partial charge in [0.2, 0.25) is 0 Å². The molecule has 39 heavy (non-hydrogen) atoms. The molecule has 0 atom stereocenters. The zero-order chi connectivity index (χ0) is 26.5. The largest absolute Gasteiger partial charge is 0.140 e. The van der Waals surface area contributed by atoms with Crippen LogP contribution in [0.5, 0.6) is 0 Å². The van der Waals surface area contributed by atoms with E-state index < -0.39 is 0 Å². The maximum Gasteiger partial charge on any atom is 0.0449 e. The molecule has 7 aromatic rings. The van der Waals surface area contributed by atoms with E-state index >= 15 is 0 Å². The molecule has 0 amide bonds. The van der Waals surface area contributed by atoms with Gasteiger partial charge < -0.3 is 0 Å². The fourth-order valence-electron chi connectivity index (χ4n) is 4.63. The van der Waals surface area contributed by atoms with Crippen LogP contribution in [0.25, 0.3) is 60.6 Å². The number of thiophene rings is 6. The van der Waals surface area contributed by atoms with Crippen LogP contribution in [-0.4, -0.2) is 0 Å². The molecule has 0 nitrogen and oxygen atoms in total. The summed E-state index contributed by atoms with van der Waals surface area (Å²) in [4.78, 5) is 16.1. The van der Waals surface area contributed by atoms with E-state index in [-0.39, 0.29) is 0 Å². The average molecular weight is 613 g/mol. The molecule has 6 aromatic heterocycles. The molecule has 0 N–H and O–H groups in total. The van der Waals surface area contributed by atoms with Gasteiger partial charge in [-0.25, -0.2) is 0 Å². The fraction of sp³-hybridized carbons (Fsp3) is 0.0909. The van der Waals surface area contributed by atoms with Crippen LogP contribution in [0.4, 0.5) is 0 Å². The summed E-state index contributed by atoms with van der Waals surface area (Å²) < 4.78 is 0.